The van der Waals surface area contributed by atoms with Crippen LogP contribution in [0, 0.1) is 11.3 Å². The Morgan fingerprint density at radius 1 is 1.73 bits per heavy atom. The highest BCUT2D eigenvalue weighted by molar-refractivity contribution is 4.86. The van der Waals surface area contributed by atoms with Crippen molar-refractivity contribution in [1.29, 1.82) is 5.26 Å². The third kappa shape index (κ3) is 2.18. The Morgan fingerprint density at radius 3 is 3.18 bits per heavy atom. The molecule has 1 fully saturated rings. The molecule has 0 bridgehead atoms. The molecule has 0 saturated carbocycles. The van der Waals surface area contributed by atoms with Gasteiger partial charge in [0.1, 0.15) is 0 Å². The van der Waals surface area contributed by atoms with Gasteiger partial charge in [0.2, 0.25) is 0 Å². The molecule has 62 valence electrons. The fourth-order valence-corrected chi connectivity index (χ4v) is 1.53. The van der Waals surface area contributed by atoms with Gasteiger partial charge >= 0.3 is 0 Å². The minimum absolute atomic E-state index is 0.443. The van der Waals surface area contributed by atoms with Crippen molar-refractivity contribution in [2.24, 2.45) is 0 Å². The van der Waals surface area contributed by atoms with Crippen molar-refractivity contribution in [3.63, 3.8) is 0 Å². The fourth-order valence-electron chi connectivity index (χ4n) is 1.53. The molecule has 1 aliphatic rings. The molecule has 0 spiro atoms. The van der Waals surface area contributed by atoms with Crippen molar-refractivity contribution < 1.29 is 0 Å². The van der Waals surface area contributed by atoms with Crippen LogP contribution < -0.4 is 5.32 Å². The number of nitrogens with zero attached hydrogens (tertiary/aromatic N) is 2. The van der Waals surface area contributed by atoms with Crippen LogP contribution in [-0.2, 0) is 0 Å². The number of nitriles is 1. The molecule has 1 saturated heterocycles. The highest BCUT2D eigenvalue weighted by atomic mass is 15.2. The second kappa shape index (κ2) is 4.32. The first-order valence-electron chi connectivity index (χ1n) is 4.20. The predicted octanol–water partition coefficient (Wildman–Crippen LogP) is 0.194. The average molecular weight is 153 g/mol. The summed E-state index contributed by atoms with van der Waals surface area (Å²) in [5, 5.41) is 11.8. The van der Waals surface area contributed by atoms with Crippen LogP contribution in [0.5, 0.6) is 0 Å². The Kier molecular flexibility index (Phi) is 3.34. The number of likely N-dealkylation sites (N-methyl/N-ethyl adjacent to an activating group) is 1. The summed E-state index contributed by atoms with van der Waals surface area (Å²) < 4.78 is 0. The molecule has 1 heterocycles. The first-order valence-corrected chi connectivity index (χ1v) is 4.20. The Balaban J connectivity index is 2.39. The Labute approximate surface area is 68.0 Å². The highest BCUT2D eigenvalue weighted by Gasteiger charge is 2.19. The zero-order valence-corrected chi connectivity index (χ0v) is 7.01. The van der Waals surface area contributed by atoms with E-state index in [0.717, 1.165) is 26.2 Å². The number of hydrogen-bond donors (Lipinski definition) is 1. The minimum atomic E-state index is 0.443. The van der Waals surface area contributed by atoms with E-state index < -0.39 is 0 Å². The monoisotopic (exact) mass is 153 g/mol. The SMILES string of the molecule is CCN1CCNCC1CC#N. The van der Waals surface area contributed by atoms with Crippen molar-refractivity contribution in [2.45, 2.75) is 19.4 Å². The molecule has 11 heavy (non-hydrogen) atoms. The third-order valence-electron chi connectivity index (χ3n) is 2.21. The summed E-state index contributed by atoms with van der Waals surface area (Å²) in [5.41, 5.74) is 0. The first kappa shape index (κ1) is 8.51. The Bertz CT molecular complexity index is 150. The summed E-state index contributed by atoms with van der Waals surface area (Å²) in [6.45, 7) is 6.34. The van der Waals surface area contributed by atoms with E-state index in [1.807, 2.05) is 0 Å². The second-order valence-corrected chi connectivity index (χ2v) is 2.85. The molecule has 0 aliphatic carbocycles. The average Bonchev–Trinajstić information content (AvgIpc) is 2.06. The van der Waals surface area contributed by atoms with E-state index >= 15 is 0 Å². The molecule has 1 unspecified atom stereocenters. The number of hydrogen-bond acceptors (Lipinski definition) is 3. The molecule has 1 aliphatic heterocycles. The van der Waals surface area contributed by atoms with Gasteiger partial charge in [-0.2, -0.15) is 5.26 Å². The number of nitrogens with one attached hydrogen (secondary N) is 1. The van der Waals surface area contributed by atoms with Gasteiger partial charge in [-0.1, -0.05) is 6.92 Å². The molecular formula is C8H15N3. The van der Waals surface area contributed by atoms with Crippen LogP contribution in [0.1, 0.15) is 13.3 Å². The van der Waals surface area contributed by atoms with E-state index in [0.29, 0.717) is 12.5 Å². The van der Waals surface area contributed by atoms with Crippen LogP contribution in [0.25, 0.3) is 0 Å². The molecule has 0 amide bonds. The standard InChI is InChI=1S/C8H15N3/c1-2-11-6-5-10-7-8(11)3-4-9/h8,10H,2-3,5-7H2,1H3. The summed E-state index contributed by atoms with van der Waals surface area (Å²) in [4.78, 5) is 2.36. The lowest BCUT2D eigenvalue weighted by Gasteiger charge is -2.33. The van der Waals surface area contributed by atoms with Crippen LogP contribution in [-0.4, -0.2) is 37.1 Å². The third-order valence-corrected chi connectivity index (χ3v) is 2.21. The van der Waals surface area contributed by atoms with Crippen molar-refractivity contribution >= 4 is 0 Å². The van der Waals surface area contributed by atoms with Crippen LogP contribution >= 0.6 is 0 Å². The lowest BCUT2D eigenvalue weighted by Crippen LogP contribution is -2.50. The maximum absolute atomic E-state index is 8.53. The Hall–Kier alpha value is -0.590. The van der Waals surface area contributed by atoms with Gasteiger partial charge in [0.15, 0.2) is 0 Å². The van der Waals surface area contributed by atoms with Gasteiger partial charge in [-0.25, -0.2) is 0 Å². The summed E-state index contributed by atoms with van der Waals surface area (Å²) in [6.07, 6.45) is 0.654. The molecule has 0 aromatic carbocycles. The topological polar surface area (TPSA) is 39.1 Å². The largest absolute Gasteiger partial charge is 0.314 e. The van der Waals surface area contributed by atoms with Gasteiger partial charge in [0.25, 0.3) is 0 Å². The summed E-state index contributed by atoms with van der Waals surface area (Å²) >= 11 is 0. The van der Waals surface area contributed by atoms with E-state index in [1.54, 1.807) is 0 Å². The number of piperazine rings is 1. The zero-order valence-electron chi connectivity index (χ0n) is 7.01. The van der Waals surface area contributed by atoms with Gasteiger partial charge in [0, 0.05) is 25.7 Å². The molecule has 1 N–H and O–H groups in total. The minimum Gasteiger partial charge on any atom is -0.314 e. The lowest BCUT2D eigenvalue weighted by molar-refractivity contribution is 0.172. The van der Waals surface area contributed by atoms with E-state index in [9.17, 15) is 0 Å². The first-order chi connectivity index (χ1) is 5.38. The van der Waals surface area contributed by atoms with Crippen molar-refractivity contribution in [2.75, 3.05) is 26.2 Å². The molecular weight excluding hydrogens is 138 g/mol. The van der Waals surface area contributed by atoms with Gasteiger partial charge in [-0.05, 0) is 6.54 Å². The maximum atomic E-state index is 8.53. The quantitative estimate of drug-likeness (QED) is 0.615. The van der Waals surface area contributed by atoms with E-state index in [2.05, 4.69) is 23.2 Å². The zero-order chi connectivity index (χ0) is 8.10. The molecule has 3 heteroatoms. The van der Waals surface area contributed by atoms with Crippen LogP contribution in [0.4, 0.5) is 0 Å². The molecule has 1 rings (SSSR count). The van der Waals surface area contributed by atoms with Crippen molar-refractivity contribution in [3.05, 3.63) is 0 Å². The fraction of sp³-hybridized carbons (Fsp3) is 0.875. The van der Waals surface area contributed by atoms with Crippen LogP contribution in [0.2, 0.25) is 0 Å². The van der Waals surface area contributed by atoms with E-state index in [4.69, 9.17) is 5.26 Å². The van der Waals surface area contributed by atoms with Crippen molar-refractivity contribution in [3.8, 4) is 6.07 Å². The van der Waals surface area contributed by atoms with Crippen molar-refractivity contribution in [1.82, 2.24) is 10.2 Å². The van der Waals surface area contributed by atoms with Gasteiger partial charge in [-0.15, -0.1) is 0 Å². The second-order valence-electron chi connectivity index (χ2n) is 2.85. The normalized spacial score (nSPS) is 26.4. The Morgan fingerprint density at radius 2 is 2.55 bits per heavy atom. The molecule has 1 atom stereocenters. The summed E-state index contributed by atoms with van der Waals surface area (Å²) in [5.74, 6) is 0. The van der Waals surface area contributed by atoms with Gasteiger partial charge in [0.05, 0.1) is 12.5 Å². The lowest BCUT2D eigenvalue weighted by atomic mass is 10.1. The summed E-state index contributed by atoms with van der Waals surface area (Å²) in [6, 6.07) is 2.66. The summed E-state index contributed by atoms with van der Waals surface area (Å²) in [7, 11) is 0. The molecule has 0 aromatic heterocycles. The molecule has 0 aromatic rings. The van der Waals surface area contributed by atoms with Gasteiger partial charge in [-0.3, -0.25) is 4.90 Å². The predicted molar refractivity (Wildman–Crippen MR) is 44.1 cm³/mol. The van der Waals surface area contributed by atoms with E-state index in [1.165, 1.54) is 0 Å². The van der Waals surface area contributed by atoms with Crippen LogP contribution in [0.3, 0.4) is 0 Å². The maximum Gasteiger partial charge on any atom is 0.0638 e. The molecule has 3 nitrogen and oxygen atoms in total. The highest BCUT2D eigenvalue weighted by Crippen LogP contribution is 2.05. The van der Waals surface area contributed by atoms with E-state index in [-0.39, 0.29) is 0 Å². The van der Waals surface area contributed by atoms with Crippen LogP contribution in [0.15, 0.2) is 0 Å². The number of rotatable bonds is 2. The molecule has 0 radical (unpaired) electrons. The van der Waals surface area contributed by atoms with Gasteiger partial charge < -0.3 is 5.32 Å². The smallest absolute Gasteiger partial charge is 0.0638 e.